The molecule has 0 saturated heterocycles. The van der Waals surface area contributed by atoms with E-state index in [-0.39, 0.29) is 0 Å². The Labute approximate surface area is 581 Å². The maximum atomic E-state index is 5.82. The summed E-state index contributed by atoms with van der Waals surface area (Å²) >= 11 is 12.3. The Morgan fingerprint density at radius 1 is 0.188 bits per heavy atom. The summed E-state index contributed by atoms with van der Waals surface area (Å²) in [6.07, 6.45) is 14.4. The number of hydrogen-bond acceptors (Lipinski definition) is 22. The van der Waals surface area contributed by atoms with Crippen molar-refractivity contribution < 1.29 is 0 Å². The summed E-state index contributed by atoms with van der Waals surface area (Å²) in [5, 5.41) is 9.45. The maximum absolute atomic E-state index is 5.82. The molecule has 0 radical (unpaired) electrons. The fraction of sp³-hybridized carbons (Fsp3) is 0. The molecule has 17 rings (SSSR count). The summed E-state index contributed by atoms with van der Waals surface area (Å²) < 4.78 is 0. The number of H-pyrrole nitrogens is 2. The Hall–Kier alpha value is -9.76. The van der Waals surface area contributed by atoms with E-state index in [4.69, 9.17) is 69.8 Å². The van der Waals surface area contributed by atoms with Crippen LogP contribution < -0.4 is 0 Å². The van der Waals surface area contributed by atoms with Gasteiger partial charge in [-0.15, -0.1) is 0 Å². The standard InChI is InChI=1S/C72H42N16S8/c1-9-33-73-49(17-1)89-41-25-26-42(90-50-18-2-10-34-74-50)58-57(41)65-81-66(58)86-68-61-45(93-53-21-5-13-37-77-53)29-30-46(94-54-22-6-14-38-78-54)62(61)70(83-68)88-72-64-48(96-56-24-8-16-40-80-56)32-31-47(95-55-23-7-15-39-79-55)63(64)71(84-72)87-69-60-44(92-52-20-4-12-36-76-52)28-27-43(59(60)67(82-69)85-65)91-51-19-3-11-35-75-51/h1-40H,(H2,81,82,83,84,85,86,87,88). The maximum Gasteiger partial charge on any atom is 0.165 e. The molecule has 96 heavy (non-hydrogen) atoms. The van der Waals surface area contributed by atoms with Gasteiger partial charge in [-0.1, -0.05) is 143 Å². The van der Waals surface area contributed by atoms with Crippen molar-refractivity contribution in [1.82, 2.24) is 79.7 Å². The molecule has 0 fully saturated rings. The van der Waals surface area contributed by atoms with Crippen LogP contribution in [0.25, 0.3) is 89.7 Å². The zero-order valence-corrected chi connectivity index (χ0v) is 56.2. The largest absolute Gasteiger partial charge is 0.324 e. The summed E-state index contributed by atoms with van der Waals surface area (Å²) in [6.45, 7) is 0. The number of nitrogens with one attached hydrogen (secondary N) is 2. The van der Waals surface area contributed by atoms with Gasteiger partial charge in [-0.25, -0.2) is 69.8 Å². The molecular formula is C72H42N16S8. The van der Waals surface area contributed by atoms with Gasteiger partial charge in [0.05, 0.1) is 0 Å². The third-order valence-electron chi connectivity index (χ3n) is 14.9. The number of hydrogen-bond donors (Lipinski definition) is 2. The zero-order valence-electron chi connectivity index (χ0n) is 49.6. The van der Waals surface area contributed by atoms with Crippen LogP contribution in [0.3, 0.4) is 0 Å². The van der Waals surface area contributed by atoms with Crippen molar-refractivity contribution in [3.63, 3.8) is 0 Å². The van der Waals surface area contributed by atoms with Gasteiger partial charge in [0.25, 0.3) is 0 Å². The van der Waals surface area contributed by atoms with Gasteiger partial charge < -0.3 is 9.97 Å². The first-order valence-corrected chi connectivity index (χ1v) is 36.3. The van der Waals surface area contributed by atoms with Crippen LogP contribution in [-0.2, 0) is 0 Å². The minimum Gasteiger partial charge on any atom is -0.324 e. The molecule has 16 nitrogen and oxygen atoms in total. The first kappa shape index (κ1) is 59.9. The van der Waals surface area contributed by atoms with Crippen molar-refractivity contribution in [3.05, 3.63) is 244 Å². The lowest BCUT2D eigenvalue weighted by Gasteiger charge is -2.12. The monoisotopic (exact) mass is 1390 g/mol. The minimum absolute atomic E-state index is 0.406. The molecule has 2 N–H and O–H groups in total. The molecule has 15 aromatic rings. The lowest BCUT2D eigenvalue weighted by molar-refractivity contribution is 1.13. The van der Waals surface area contributed by atoms with E-state index in [1.54, 1.807) is 49.6 Å². The van der Waals surface area contributed by atoms with E-state index in [1.807, 2.05) is 146 Å². The number of nitrogens with zero attached hydrogens (tertiary/aromatic N) is 14. The first-order chi connectivity index (χ1) is 47.5. The molecule has 4 aromatic carbocycles. The predicted octanol–water partition coefficient (Wildman–Crippen LogP) is 19.2. The van der Waals surface area contributed by atoms with E-state index < -0.39 is 0 Å². The van der Waals surface area contributed by atoms with Crippen molar-refractivity contribution in [3.8, 4) is 45.6 Å². The van der Waals surface area contributed by atoms with E-state index in [0.29, 0.717) is 45.9 Å². The van der Waals surface area contributed by atoms with E-state index in [2.05, 4.69) is 58.5 Å². The Balaban J connectivity index is 1.06. The van der Waals surface area contributed by atoms with Gasteiger partial charge in [0.2, 0.25) is 0 Å². The molecule has 0 aliphatic carbocycles. The molecule has 24 heteroatoms. The van der Waals surface area contributed by atoms with E-state index >= 15 is 0 Å². The highest BCUT2D eigenvalue weighted by atomic mass is 32.2. The summed E-state index contributed by atoms with van der Waals surface area (Å²) in [7, 11) is 0. The number of aromatic nitrogens is 16. The van der Waals surface area contributed by atoms with Crippen LogP contribution in [0.2, 0.25) is 0 Å². The Bertz CT molecular complexity index is 4920. The third kappa shape index (κ3) is 12.3. The quantitative estimate of drug-likeness (QED) is 0.0920. The van der Waals surface area contributed by atoms with Gasteiger partial charge in [-0.05, 0) is 146 Å². The van der Waals surface area contributed by atoms with Crippen LogP contribution >= 0.6 is 94.1 Å². The van der Waals surface area contributed by atoms with Crippen LogP contribution in [0.4, 0.5) is 0 Å². The van der Waals surface area contributed by atoms with E-state index in [1.165, 1.54) is 94.1 Å². The van der Waals surface area contributed by atoms with Gasteiger partial charge in [0, 0.05) is 133 Å². The molecule has 0 amide bonds. The molecule has 8 bridgehead atoms. The third-order valence-corrected chi connectivity index (χ3v) is 23.0. The number of pyridine rings is 8. The van der Waals surface area contributed by atoms with Gasteiger partial charge in [-0.2, -0.15) is 0 Å². The molecule has 0 saturated carbocycles. The van der Waals surface area contributed by atoms with Crippen molar-refractivity contribution in [2.24, 2.45) is 0 Å². The van der Waals surface area contributed by atoms with Crippen molar-refractivity contribution in [2.45, 2.75) is 79.4 Å². The van der Waals surface area contributed by atoms with Crippen LogP contribution in [-0.4, -0.2) is 79.7 Å². The Morgan fingerprint density at radius 2 is 0.365 bits per heavy atom. The highest BCUT2D eigenvalue weighted by Gasteiger charge is 2.32. The van der Waals surface area contributed by atoms with Gasteiger partial charge >= 0.3 is 0 Å². The Morgan fingerprint density at radius 3 is 0.542 bits per heavy atom. The summed E-state index contributed by atoms with van der Waals surface area (Å²) in [6, 6.07) is 64.3. The minimum atomic E-state index is 0.406. The van der Waals surface area contributed by atoms with Crippen molar-refractivity contribution >= 4 is 138 Å². The number of benzene rings is 4. The normalized spacial score (nSPS) is 11.7. The van der Waals surface area contributed by atoms with Crippen LogP contribution in [0.1, 0.15) is 0 Å². The molecule has 0 unspecified atom stereocenters. The topological polar surface area (TPSA) is 212 Å². The highest BCUT2D eigenvalue weighted by molar-refractivity contribution is 8.01. The smallest absolute Gasteiger partial charge is 0.165 e. The van der Waals surface area contributed by atoms with Gasteiger partial charge in [-0.3, -0.25) is 0 Å². The first-order valence-electron chi connectivity index (χ1n) is 29.8. The molecule has 458 valence electrons. The second kappa shape index (κ2) is 26.8. The second-order valence-corrected chi connectivity index (χ2v) is 29.5. The fourth-order valence-electron chi connectivity index (χ4n) is 10.9. The average molecular weight is 1390 g/mol. The van der Waals surface area contributed by atoms with Gasteiger partial charge in [0.1, 0.15) is 62.8 Å². The number of fused-ring (bicyclic) bond motifs is 20. The predicted molar refractivity (Wildman–Crippen MR) is 383 cm³/mol. The van der Waals surface area contributed by atoms with Crippen LogP contribution in [0, 0.1) is 0 Å². The van der Waals surface area contributed by atoms with Crippen molar-refractivity contribution in [2.75, 3.05) is 0 Å². The lowest BCUT2D eigenvalue weighted by atomic mass is 10.1. The SMILES string of the molecule is c1ccc(Sc2ccc(Sc3ccccn3)c3c2-c2nc-3nc3[nH]c(nc4nc(nc5[nH]c(n2)c2c(Sc6ccccn6)ccc(Sc6ccccn6)c52)-c2c(Sc5ccccn5)ccc(Sc5ccccn5)c2-4)c2c(Sc4ccccn4)ccc(Sc4ccccn4)c32)nc1. The molecule has 0 spiro atoms. The number of rotatable bonds is 16. The molecule has 13 heterocycles. The van der Waals surface area contributed by atoms with Gasteiger partial charge in [0.15, 0.2) is 23.3 Å². The second-order valence-electron chi connectivity index (χ2n) is 21.0. The molecule has 2 aliphatic heterocycles. The molecule has 11 aromatic heterocycles. The zero-order chi connectivity index (χ0) is 63.7. The molecular weight excluding hydrogens is 1350 g/mol. The summed E-state index contributed by atoms with van der Waals surface area (Å²) in [5.74, 6) is 1.62. The summed E-state index contributed by atoms with van der Waals surface area (Å²) in [5.41, 5.74) is 5.00. The molecule has 0 atom stereocenters. The number of aromatic amines is 2. The summed E-state index contributed by atoms with van der Waals surface area (Å²) in [4.78, 5) is 87.9. The van der Waals surface area contributed by atoms with Crippen LogP contribution in [0.15, 0.2) is 323 Å². The highest BCUT2D eigenvalue weighted by Crippen LogP contribution is 2.53. The lowest BCUT2D eigenvalue weighted by Crippen LogP contribution is -1.91. The average Bonchev–Trinajstić information content (AvgIpc) is 1.58. The Kier molecular flexibility index (Phi) is 16.7. The molecule has 2 aliphatic rings. The fourth-order valence-corrected chi connectivity index (χ4v) is 18.3. The van der Waals surface area contributed by atoms with Crippen molar-refractivity contribution in [1.29, 1.82) is 0 Å². The van der Waals surface area contributed by atoms with Crippen LogP contribution in [0.5, 0.6) is 0 Å². The van der Waals surface area contributed by atoms with E-state index in [9.17, 15) is 0 Å². The van der Waals surface area contributed by atoms with E-state index in [0.717, 1.165) is 123 Å².